The molecule has 84 valence electrons. The number of benzene rings is 1. The first kappa shape index (κ1) is 11.2. The molecular weight excluding hydrogens is 249 g/mol. The van der Waals surface area contributed by atoms with Crippen LogP contribution in [0.2, 0.25) is 5.02 Å². The van der Waals surface area contributed by atoms with Gasteiger partial charge in [0.15, 0.2) is 0 Å². The second-order valence-electron chi connectivity index (χ2n) is 3.22. The Kier molecular flexibility index (Phi) is 3.26. The van der Waals surface area contributed by atoms with Crippen molar-refractivity contribution in [3.8, 4) is 0 Å². The van der Waals surface area contributed by atoms with E-state index in [2.05, 4.69) is 9.69 Å². The third-order valence-electron chi connectivity index (χ3n) is 1.98. The quantitative estimate of drug-likeness (QED) is 0.888. The van der Waals surface area contributed by atoms with Crippen LogP contribution in [0.25, 0.3) is 0 Å². The largest absolute Gasteiger partial charge is 0.383 e. The van der Waals surface area contributed by atoms with Crippen LogP contribution < -0.4 is 11.1 Å². The van der Waals surface area contributed by atoms with E-state index in [1.54, 1.807) is 18.2 Å². The van der Waals surface area contributed by atoms with E-state index in [9.17, 15) is 4.39 Å². The number of halogens is 2. The van der Waals surface area contributed by atoms with E-state index in [1.807, 2.05) is 0 Å². The lowest BCUT2D eigenvalue weighted by molar-refractivity contribution is 0.627. The number of nitrogens with two attached hydrogens (primary N) is 1. The van der Waals surface area contributed by atoms with Crippen molar-refractivity contribution in [2.45, 2.75) is 6.54 Å². The van der Waals surface area contributed by atoms with Gasteiger partial charge in [0.1, 0.15) is 16.6 Å². The molecule has 0 fully saturated rings. The van der Waals surface area contributed by atoms with Crippen LogP contribution in [0.4, 0.5) is 15.2 Å². The highest BCUT2D eigenvalue weighted by Crippen LogP contribution is 2.20. The lowest BCUT2D eigenvalue weighted by Crippen LogP contribution is -1.97. The minimum Gasteiger partial charge on any atom is -0.383 e. The molecule has 16 heavy (non-hydrogen) atoms. The van der Waals surface area contributed by atoms with E-state index in [0.717, 1.165) is 10.6 Å². The molecule has 0 saturated heterocycles. The summed E-state index contributed by atoms with van der Waals surface area (Å²) >= 11 is 6.95. The molecule has 3 nitrogen and oxygen atoms in total. The zero-order chi connectivity index (χ0) is 11.5. The maximum Gasteiger partial charge on any atom is 0.141 e. The summed E-state index contributed by atoms with van der Waals surface area (Å²) in [6.07, 6.45) is 0. The third kappa shape index (κ3) is 2.62. The Morgan fingerprint density at radius 1 is 1.44 bits per heavy atom. The predicted octanol–water partition coefficient (Wildman–Crippen LogP) is 3.13. The SMILES string of the molecule is Nc1cc(NCc2ccc(F)c(Cl)c2)sn1. The Morgan fingerprint density at radius 2 is 2.25 bits per heavy atom. The molecular formula is C10H9ClFN3S. The molecule has 1 heterocycles. The molecule has 0 aliphatic carbocycles. The van der Waals surface area contributed by atoms with Crippen molar-refractivity contribution in [2.24, 2.45) is 0 Å². The van der Waals surface area contributed by atoms with Crippen LogP contribution in [-0.4, -0.2) is 4.37 Å². The first-order chi connectivity index (χ1) is 7.65. The van der Waals surface area contributed by atoms with Gasteiger partial charge in [0.2, 0.25) is 0 Å². The molecule has 1 aromatic carbocycles. The average molecular weight is 258 g/mol. The van der Waals surface area contributed by atoms with Crippen molar-refractivity contribution in [2.75, 3.05) is 11.1 Å². The van der Waals surface area contributed by atoms with Crippen LogP contribution in [-0.2, 0) is 6.54 Å². The van der Waals surface area contributed by atoms with Crippen molar-refractivity contribution in [3.63, 3.8) is 0 Å². The number of hydrogen-bond acceptors (Lipinski definition) is 4. The molecule has 3 N–H and O–H groups in total. The van der Waals surface area contributed by atoms with Gasteiger partial charge in [0, 0.05) is 12.6 Å². The fraction of sp³-hybridized carbons (Fsp3) is 0.100. The van der Waals surface area contributed by atoms with Gasteiger partial charge in [-0.25, -0.2) is 4.39 Å². The fourth-order valence-electron chi connectivity index (χ4n) is 1.21. The minimum absolute atomic E-state index is 0.128. The summed E-state index contributed by atoms with van der Waals surface area (Å²) < 4.78 is 16.8. The van der Waals surface area contributed by atoms with E-state index in [4.69, 9.17) is 17.3 Å². The normalized spacial score (nSPS) is 10.4. The molecule has 2 rings (SSSR count). The van der Waals surface area contributed by atoms with Gasteiger partial charge < -0.3 is 11.1 Å². The maximum atomic E-state index is 12.9. The van der Waals surface area contributed by atoms with Crippen molar-refractivity contribution < 1.29 is 4.39 Å². The zero-order valence-electron chi connectivity index (χ0n) is 8.21. The van der Waals surface area contributed by atoms with Crippen LogP contribution >= 0.6 is 23.1 Å². The molecule has 0 bridgehead atoms. The van der Waals surface area contributed by atoms with E-state index >= 15 is 0 Å². The number of aromatic nitrogens is 1. The van der Waals surface area contributed by atoms with Gasteiger partial charge in [-0.15, -0.1) is 0 Å². The predicted molar refractivity (Wildman–Crippen MR) is 65.3 cm³/mol. The molecule has 6 heteroatoms. The van der Waals surface area contributed by atoms with E-state index in [0.29, 0.717) is 12.4 Å². The number of nitrogen functional groups attached to an aromatic ring is 1. The highest BCUT2D eigenvalue weighted by molar-refractivity contribution is 7.10. The average Bonchev–Trinajstić information content (AvgIpc) is 2.66. The molecule has 0 saturated carbocycles. The van der Waals surface area contributed by atoms with Crippen molar-refractivity contribution in [3.05, 3.63) is 40.7 Å². The van der Waals surface area contributed by atoms with Gasteiger partial charge in [-0.05, 0) is 29.2 Å². The number of anilines is 2. The first-order valence-corrected chi connectivity index (χ1v) is 5.70. The molecule has 0 radical (unpaired) electrons. The Labute approximate surface area is 101 Å². The lowest BCUT2D eigenvalue weighted by atomic mass is 10.2. The maximum absolute atomic E-state index is 12.9. The number of nitrogens with zero attached hydrogens (tertiary/aromatic N) is 1. The molecule has 0 unspecified atom stereocenters. The van der Waals surface area contributed by atoms with Gasteiger partial charge in [-0.2, -0.15) is 4.37 Å². The van der Waals surface area contributed by atoms with Crippen LogP contribution in [0.15, 0.2) is 24.3 Å². The Morgan fingerprint density at radius 3 is 2.88 bits per heavy atom. The molecule has 0 spiro atoms. The summed E-state index contributed by atoms with van der Waals surface area (Å²) in [5, 5.41) is 4.12. The fourth-order valence-corrected chi connectivity index (χ4v) is 1.98. The summed E-state index contributed by atoms with van der Waals surface area (Å²) in [4.78, 5) is 0. The lowest BCUT2D eigenvalue weighted by Gasteiger charge is -2.03. The van der Waals surface area contributed by atoms with Crippen LogP contribution in [0.1, 0.15) is 5.56 Å². The Hall–Kier alpha value is -1.33. The second kappa shape index (κ2) is 4.67. The molecule has 0 aliphatic heterocycles. The first-order valence-electron chi connectivity index (χ1n) is 4.55. The zero-order valence-corrected chi connectivity index (χ0v) is 9.78. The molecule has 2 aromatic rings. The van der Waals surface area contributed by atoms with Gasteiger partial charge in [-0.1, -0.05) is 17.7 Å². The summed E-state index contributed by atoms with van der Waals surface area (Å²) in [6.45, 7) is 0.557. The van der Waals surface area contributed by atoms with Crippen molar-refractivity contribution in [1.29, 1.82) is 0 Å². The minimum atomic E-state index is -0.410. The van der Waals surface area contributed by atoms with Crippen molar-refractivity contribution in [1.82, 2.24) is 4.37 Å². The smallest absolute Gasteiger partial charge is 0.141 e. The standard InChI is InChI=1S/C10H9ClFN3S/c11-7-3-6(1-2-8(7)12)5-14-10-4-9(13)15-16-10/h1-4,14H,5H2,(H2,13,15). The second-order valence-corrected chi connectivity index (χ2v) is 4.43. The van der Waals surface area contributed by atoms with Crippen LogP contribution in [0.5, 0.6) is 0 Å². The highest BCUT2D eigenvalue weighted by Gasteiger charge is 2.02. The highest BCUT2D eigenvalue weighted by atomic mass is 35.5. The van der Waals surface area contributed by atoms with Crippen molar-refractivity contribution >= 4 is 34.0 Å². The molecule has 0 amide bonds. The topological polar surface area (TPSA) is 50.9 Å². The summed E-state index contributed by atoms with van der Waals surface area (Å²) in [5.74, 6) is 0.0806. The molecule has 1 aromatic heterocycles. The number of nitrogens with one attached hydrogen (secondary N) is 1. The summed E-state index contributed by atoms with van der Waals surface area (Å²) in [5.41, 5.74) is 6.38. The number of rotatable bonds is 3. The summed E-state index contributed by atoms with van der Waals surface area (Å²) in [6, 6.07) is 6.36. The Bertz CT molecular complexity index is 501. The number of hydrogen-bond donors (Lipinski definition) is 2. The molecule has 0 atom stereocenters. The van der Waals surface area contributed by atoms with Gasteiger partial charge in [0.05, 0.1) is 5.02 Å². The summed E-state index contributed by atoms with van der Waals surface area (Å²) in [7, 11) is 0. The van der Waals surface area contributed by atoms with Crippen LogP contribution in [0.3, 0.4) is 0 Å². The van der Waals surface area contributed by atoms with Crippen LogP contribution in [0, 0.1) is 5.82 Å². The third-order valence-corrected chi connectivity index (χ3v) is 3.03. The monoisotopic (exact) mass is 257 g/mol. The molecule has 0 aliphatic rings. The van der Waals surface area contributed by atoms with Gasteiger partial charge in [-0.3, -0.25) is 0 Å². The Balaban J connectivity index is 2.02. The van der Waals surface area contributed by atoms with Gasteiger partial charge in [0.25, 0.3) is 0 Å². The van der Waals surface area contributed by atoms with E-state index in [-0.39, 0.29) is 5.02 Å². The van der Waals surface area contributed by atoms with E-state index < -0.39 is 5.82 Å². The van der Waals surface area contributed by atoms with Gasteiger partial charge >= 0.3 is 0 Å². The van der Waals surface area contributed by atoms with E-state index in [1.165, 1.54) is 17.6 Å².